The van der Waals surface area contributed by atoms with E-state index in [4.69, 9.17) is 0 Å². The Balaban J connectivity index is 1.83. The third-order valence-electron chi connectivity index (χ3n) is 5.21. The van der Waals surface area contributed by atoms with E-state index < -0.39 is 18.1 Å². The number of carbonyl (C=O) groups is 3. The van der Waals surface area contributed by atoms with Crippen molar-refractivity contribution in [3.05, 3.63) is 0 Å². The van der Waals surface area contributed by atoms with Crippen LogP contribution in [-0.4, -0.2) is 45.9 Å². The summed E-state index contributed by atoms with van der Waals surface area (Å²) in [7, 11) is 0. The number of fused-ring (bicyclic) bond motifs is 1. The Bertz CT molecular complexity index is 465. The van der Waals surface area contributed by atoms with Gasteiger partial charge < -0.3 is 15.3 Å². The summed E-state index contributed by atoms with van der Waals surface area (Å²) in [6, 6.07) is -1.21. The second-order valence-corrected chi connectivity index (χ2v) is 6.45. The van der Waals surface area contributed by atoms with Gasteiger partial charge in [0.25, 0.3) is 0 Å². The van der Waals surface area contributed by atoms with E-state index in [1.165, 1.54) is 6.42 Å². The monoisotopic (exact) mass is 294 g/mol. The van der Waals surface area contributed by atoms with Gasteiger partial charge in [0.1, 0.15) is 12.1 Å². The van der Waals surface area contributed by atoms with Gasteiger partial charge in [0.15, 0.2) is 0 Å². The molecule has 0 spiro atoms. The molecule has 0 aromatic heterocycles. The molecule has 4 atom stereocenters. The van der Waals surface area contributed by atoms with Crippen molar-refractivity contribution in [2.75, 3.05) is 0 Å². The van der Waals surface area contributed by atoms with Gasteiger partial charge in [-0.1, -0.05) is 12.8 Å². The quantitative estimate of drug-likeness (QED) is 0.792. The highest BCUT2D eigenvalue weighted by atomic mass is 16.4. The number of nitrogens with one attached hydrogen (secondary N) is 1. The Morgan fingerprint density at radius 1 is 1.10 bits per heavy atom. The van der Waals surface area contributed by atoms with E-state index in [0.29, 0.717) is 25.2 Å². The maximum Gasteiger partial charge on any atom is 0.326 e. The molecule has 116 valence electrons. The second-order valence-electron chi connectivity index (χ2n) is 6.45. The zero-order valence-electron chi connectivity index (χ0n) is 12.1. The summed E-state index contributed by atoms with van der Waals surface area (Å²) < 4.78 is 0. The molecular weight excluding hydrogens is 272 g/mol. The molecule has 2 aliphatic heterocycles. The number of hydrogen-bond donors (Lipinski definition) is 2. The largest absolute Gasteiger partial charge is 0.480 e. The molecule has 0 bridgehead atoms. The first kappa shape index (κ1) is 14.4. The molecule has 2 saturated heterocycles. The first-order valence-corrected chi connectivity index (χ1v) is 7.92. The third kappa shape index (κ3) is 2.63. The van der Waals surface area contributed by atoms with Crippen molar-refractivity contribution in [3.8, 4) is 0 Å². The fourth-order valence-corrected chi connectivity index (χ4v) is 4.17. The second kappa shape index (κ2) is 5.66. The smallest absolute Gasteiger partial charge is 0.326 e. The molecule has 2 amide bonds. The third-order valence-corrected chi connectivity index (χ3v) is 5.21. The van der Waals surface area contributed by atoms with Gasteiger partial charge >= 0.3 is 5.97 Å². The van der Waals surface area contributed by atoms with Crippen molar-refractivity contribution >= 4 is 17.8 Å². The van der Waals surface area contributed by atoms with E-state index in [9.17, 15) is 19.5 Å². The highest BCUT2D eigenvalue weighted by molar-refractivity contribution is 5.93. The minimum atomic E-state index is -0.920. The lowest BCUT2D eigenvalue weighted by molar-refractivity contribution is -0.159. The van der Waals surface area contributed by atoms with Gasteiger partial charge in [0, 0.05) is 12.5 Å². The van der Waals surface area contributed by atoms with Crippen LogP contribution < -0.4 is 5.32 Å². The minimum absolute atomic E-state index is 0.0404. The number of nitrogens with zero attached hydrogens (tertiary/aromatic N) is 1. The average molecular weight is 294 g/mol. The van der Waals surface area contributed by atoms with E-state index >= 15 is 0 Å². The summed E-state index contributed by atoms with van der Waals surface area (Å²) in [5, 5.41) is 12.1. The van der Waals surface area contributed by atoms with Crippen LogP contribution in [-0.2, 0) is 14.4 Å². The molecule has 1 saturated carbocycles. The number of likely N-dealkylation sites (tertiary alicyclic amines) is 1. The zero-order chi connectivity index (χ0) is 15.0. The van der Waals surface area contributed by atoms with Crippen LogP contribution >= 0.6 is 0 Å². The molecule has 0 aromatic carbocycles. The van der Waals surface area contributed by atoms with Crippen LogP contribution in [0.2, 0.25) is 0 Å². The Morgan fingerprint density at radius 3 is 2.52 bits per heavy atom. The molecule has 21 heavy (non-hydrogen) atoms. The number of amides is 2. The fourth-order valence-electron chi connectivity index (χ4n) is 4.17. The standard InChI is InChI=1S/C15H22N2O4/c18-13-8-6-10(16-13)14(19)17-11-4-2-1-3-9(11)5-7-12(17)15(20)21/h9-12H,1-8H2,(H,16,18)(H,20,21)/t9?,10-,11?,12?/m0/s1. The minimum Gasteiger partial charge on any atom is -0.480 e. The number of carboxylic acids is 1. The SMILES string of the molecule is O=C1CC[C@@H](C(=O)N2C(C(=O)O)CCC3CCCCC32)N1. The van der Waals surface area contributed by atoms with Gasteiger partial charge in [-0.15, -0.1) is 0 Å². The summed E-state index contributed by atoms with van der Waals surface area (Å²) >= 11 is 0. The van der Waals surface area contributed by atoms with Crippen molar-refractivity contribution in [2.24, 2.45) is 5.92 Å². The predicted molar refractivity (Wildman–Crippen MR) is 74.4 cm³/mol. The molecule has 0 aromatic rings. The summed E-state index contributed by atoms with van der Waals surface area (Å²) in [5.74, 6) is -0.797. The summed E-state index contributed by atoms with van der Waals surface area (Å²) in [5.41, 5.74) is 0. The molecule has 6 heteroatoms. The normalized spacial score (nSPS) is 36.0. The number of aliphatic carboxylic acids is 1. The average Bonchev–Trinajstić information content (AvgIpc) is 2.91. The van der Waals surface area contributed by atoms with Gasteiger partial charge in [-0.05, 0) is 38.0 Å². The summed E-state index contributed by atoms with van der Waals surface area (Å²) in [6.45, 7) is 0. The van der Waals surface area contributed by atoms with Gasteiger partial charge in [0.05, 0.1) is 0 Å². The molecule has 6 nitrogen and oxygen atoms in total. The van der Waals surface area contributed by atoms with E-state index in [1.54, 1.807) is 4.90 Å². The van der Waals surface area contributed by atoms with Crippen LogP contribution in [0.25, 0.3) is 0 Å². The van der Waals surface area contributed by atoms with Gasteiger partial charge in [-0.3, -0.25) is 9.59 Å². The lowest BCUT2D eigenvalue weighted by atomic mass is 9.76. The van der Waals surface area contributed by atoms with Gasteiger partial charge in [-0.2, -0.15) is 0 Å². The van der Waals surface area contributed by atoms with Crippen molar-refractivity contribution in [1.29, 1.82) is 0 Å². The van der Waals surface area contributed by atoms with Gasteiger partial charge in [0.2, 0.25) is 11.8 Å². The zero-order valence-corrected chi connectivity index (χ0v) is 12.1. The highest BCUT2D eigenvalue weighted by Gasteiger charge is 2.46. The van der Waals surface area contributed by atoms with Crippen molar-refractivity contribution in [3.63, 3.8) is 0 Å². The fraction of sp³-hybridized carbons (Fsp3) is 0.800. The van der Waals surface area contributed by atoms with E-state index in [2.05, 4.69) is 5.32 Å². The Morgan fingerprint density at radius 2 is 1.86 bits per heavy atom. The maximum absolute atomic E-state index is 12.8. The molecule has 2 N–H and O–H groups in total. The summed E-state index contributed by atoms with van der Waals surface area (Å²) in [4.78, 5) is 37.2. The Kier molecular flexibility index (Phi) is 3.87. The Hall–Kier alpha value is -1.59. The molecule has 3 aliphatic rings. The molecule has 2 heterocycles. The van der Waals surface area contributed by atoms with E-state index in [0.717, 1.165) is 25.7 Å². The number of hydrogen-bond acceptors (Lipinski definition) is 3. The van der Waals surface area contributed by atoms with E-state index in [1.807, 2.05) is 0 Å². The Labute approximate surface area is 123 Å². The van der Waals surface area contributed by atoms with Crippen LogP contribution in [0.3, 0.4) is 0 Å². The molecule has 3 fully saturated rings. The number of rotatable bonds is 2. The molecule has 3 unspecified atom stereocenters. The highest BCUT2D eigenvalue weighted by Crippen LogP contribution is 2.38. The molecular formula is C15H22N2O4. The number of carbonyl (C=O) groups excluding carboxylic acids is 2. The topological polar surface area (TPSA) is 86.7 Å². The lowest BCUT2D eigenvalue weighted by Gasteiger charge is -2.47. The van der Waals surface area contributed by atoms with Crippen molar-refractivity contribution in [2.45, 2.75) is 69.5 Å². The van der Waals surface area contributed by atoms with Crippen LogP contribution in [0.5, 0.6) is 0 Å². The van der Waals surface area contributed by atoms with Crippen LogP contribution in [0.1, 0.15) is 51.4 Å². The number of piperidine rings is 1. The van der Waals surface area contributed by atoms with Crippen LogP contribution in [0.4, 0.5) is 0 Å². The van der Waals surface area contributed by atoms with Crippen LogP contribution in [0.15, 0.2) is 0 Å². The van der Waals surface area contributed by atoms with Crippen molar-refractivity contribution in [1.82, 2.24) is 10.2 Å². The predicted octanol–water partition coefficient (Wildman–Crippen LogP) is 0.899. The first-order valence-electron chi connectivity index (χ1n) is 7.92. The maximum atomic E-state index is 12.8. The summed E-state index contributed by atoms with van der Waals surface area (Å²) in [6.07, 6.45) is 6.45. The van der Waals surface area contributed by atoms with Crippen molar-refractivity contribution < 1.29 is 19.5 Å². The molecule has 0 radical (unpaired) electrons. The first-order chi connectivity index (χ1) is 10.1. The molecule has 1 aliphatic carbocycles. The lowest BCUT2D eigenvalue weighted by Crippen LogP contribution is -2.60. The van der Waals surface area contributed by atoms with Gasteiger partial charge in [-0.25, -0.2) is 4.79 Å². The molecule has 3 rings (SSSR count). The van der Waals surface area contributed by atoms with Crippen LogP contribution in [0, 0.1) is 5.92 Å². The number of carboxylic acid groups (broad SMARTS) is 1. The van der Waals surface area contributed by atoms with E-state index in [-0.39, 0.29) is 17.9 Å².